The van der Waals surface area contributed by atoms with Crippen LogP contribution in [0.2, 0.25) is 0 Å². The molecule has 1 fully saturated rings. The highest BCUT2D eigenvalue weighted by Crippen LogP contribution is 2.40. The Labute approximate surface area is 184 Å². The molecule has 0 radical (unpaired) electrons. The highest BCUT2D eigenvalue weighted by Gasteiger charge is 2.24. The van der Waals surface area contributed by atoms with Gasteiger partial charge in [-0.3, -0.25) is 9.80 Å². The highest BCUT2D eigenvalue weighted by atomic mass is 32.2. The predicted octanol–water partition coefficient (Wildman–Crippen LogP) is 1.87. The second-order valence-electron chi connectivity index (χ2n) is 7.55. The molecule has 0 spiro atoms. The largest absolute Gasteiger partial charge is 0.493 e. The molecule has 0 saturated carbocycles. The Kier molecular flexibility index (Phi) is 7.47. The fourth-order valence-electron chi connectivity index (χ4n) is 3.62. The van der Waals surface area contributed by atoms with Crippen molar-refractivity contribution in [1.82, 2.24) is 14.1 Å². The summed E-state index contributed by atoms with van der Waals surface area (Å²) in [6.45, 7) is 4.78. The average Bonchev–Trinajstić information content (AvgIpc) is 3.23. The van der Waals surface area contributed by atoms with Gasteiger partial charge >= 0.3 is 0 Å². The monoisotopic (exact) mass is 453 g/mol. The molecule has 1 aromatic carbocycles. The van der Waals surface area contributed by atoms with Crippen LogP contribution in [0.4, 0.5) is 0 Å². The quantitative estimate of drug-likeness (QED) is 0.569. The van der Waals surface area contributed by atoms with Gasteiger partial charge < -0.3 is 18.6 Å². The zero-order valence-corrected chi connectivity index (χ0v) is 19.6. The Balaban J connectivity index is 1.59. The first-order chi connectivity index (χ1) is 14.8. The molecule has 172 valence electrons. The maximum Gasteiger partial charge on any atom is 0.275 e. The average molecular weight is 454 g/mol. The van der Waals surface area contributed by atoms with Crippen molar-refractivity contribution >= 4 is 10.0 Å². The SMILES string of the molecule is COc1ccc(CN2CCN(Cc3ccc(S(=O)(=O)N(C)C)o3)CC2)c(OC)c1OC. The lowest BCUT2D eigenvalue weighted by Gasteiger charge is -2.34. The van der Waals surface area contributed by atoms with Crippen LogP contribution in [-0.2, 0) is 23.1 Å². The molecule has 0 bridgehead atoms. The fourth-order valence-corrected chi connectivity index (χ4v) is 4.43. The number of sulfonamides is 1. The van der Waals surface area contributed by atoms with Gasteiger partial charge in [0.2, 0.25) is 10.8 Å². The number of benzene rings is 1. The van der Waals surface area contributed by atoms with Crippen LogP contribution in [0.1, 0.15) is 11.3 Å². The third-order valence-corrected chi connectivity index (χ3v) is 7.09. The number of hydrogen-bond acceptors (Lipinski definition) is 8. The second-order valence-corrected chi connectivity index (χ2v) is 9.64. The van der Waals surface area contributed by atoms with Gasteiger partial charge in [0.1, 0.15) is 5.76 Å². The molecule has 1 saturated heterocycles. The van der Waals surface area contributed by atoms with Crippen LogP contribution in [0.3, 0.4) is 0 Å². The summed E-state index contributed by atoms with van der Waals surface area (Å²) in [6, 6.07) is 7.15. The molecule has 0 amide bonds. The summed E-state index contributed by atoms with van der Waals surface area (Å²) in [5, 5.41) is -0.0216. The molecule has 0 aliphatic carbocycles. The van der Waals surface area contributed by atoms with Gasteiger partial charge in [-0.25, -0.2) is 12.7 Å². The van der Waals surface area contributed by atoms with E-state index in [2.05, 4.69) is 9.80 Å². The molecular formula is C21H31N3O6S. The maximum absolute atomic E-state index is 12.2. The van der Waals surface area contributed by atoms with Crippen LogP contribution in [0.25, 0.3) is 0 Å². The van der Waals surface area contributed by atoms with E-state index in [0.717, 1.165) is 42.6 Å². The first kappa shape index (κ1) is 23.4. The van der Waals surface area contributed by atoms with E-state index in [9.17, 15) is 8.42 Å². The third kappa shape index (κ3) is 5.15. The van der Waals surface area contributed by atoms with Crippen LogP contribution < -0.4 is 14.2 Å². The first-order valence-corrected chi connectivity index (χ1v) is 11.5. The van der Waals surface area contributed by atoms with Crippen molar-refractivity contribution in [2.75, 3.05) is 61.6 Å². The molecular weight excluding hydrogens is 422 g/mol. The van der Waals surface area contributed by atoms with Gasteiger partial charge in [-0.05, 0) is 18.2 Å². The topological polar surface area (TPSA) is 84.7 Å². The highest BCUT2D eigenvalue weighted by molar-refractivity contribution is 7.88. The number of piperazine rings is 1. The molecule has 1 aliphatic heterocycles. The molecule has 31 heavy (non-hydrogen) atoms. The zero-order chi connectivity index (χ0) is 22.6. The lowest BCUT2D eigenvalue weighted by molar-refractivity contribution is 0.114. The van der Waals surface area contributed by atoms with E-state index in [0.29, 0.717) is 29.6 Å². The Morgan fingerprint density at radius 3 is 2.03 bits per heavy atom. The normalized spacial score (nSPS) is 15.9. The van der Waals surface area contributed by atoms with Gasteiger partial charge in [0.15, 0.2) is 11.5 Å². The van der Waals surface area contributed by atoms with Crippen molar-refractivity contribution < 1.29 is 27.0 Å². The van der Waals surface area contributed by atoms with Crippen LogP contribution >= 0.6 is 0 Å². The summed E-state index contributed by atoms with van der Waals surface area (Å²) in [5.74, 6) is 2.58. The summed E-state index contributed by atoms with van der Waals surface area (Å²) in [4.78, 5) is 4.61. The zero-order valence-electron chi connectivity index (χ0n) is 18.8. The van der Waals surface area contributed by atoms with Crippen molar-refractivity contribution in [3.63, 3.8) is 0 Å². The standard InChI is InChI=1S/C21H31N3O6S/c1-22(2)31(25,26)19-9-7-17(30-19)15-24-12-10-23(11-13-24)14-16-6-8-18(27-3)21(29-5)20(16)28-4/h6-9H,10-15H2,1-5H3. The molecule has 9 nitrogen and oxygen atoms in total. The summed E-state index contributed by atoms with van der Waals surface area (Å²) in [6.07, 6.45) is 0. The number of furan rings is 1. The minimum absolute atomic E-state index is 0.0216. The van der Waals surface area contributed by atoms with Gasteiger partial charge in [0, 0.05) is 52.4 Å². The molecule has 3 rings (SSSR count). The van der Waals surface area contributed by atoms with Crippen LogP contribution in [-0.4, -0.2) is 84.1 Å². The second kappa shape index (κ2) is 9.90. The predicted molar refractivity (Wildman–Crippen MR) is 116 cm³/mol. The van der Waals surface area contributed by atoms with Crippen molar-refractivity contribution in [2.45, 2.75) is 18.2 Å². The smallest absolute Gasteiger partial charge is 0.275 e. The Bertz CT molecular complexity index is 981. The Morgan fingerprint density at radius 1 is 0.871 bits per heavy atom. The molecule has 0 atom stereocenters. The summed E-state index contributed by atoms with van der Waals surface area (Å²) in [7, 11) is 4.27. The first-order valence-electron chi connectivity index (χ1n) is 10.0. The molecule has 1 aromatic heterocycles. The van der Waals surface area contributed by atoms with E-state index in [1.165, 1.54) is 20.2 Å². The molecule has 10 heteroatoms. The van der Waals surface area contributed by atoms with Crippen LogP contribution in [0.5, 0.6) is 17.2 Å². The van der Waals surface area contributed by atoms with Crippen molar-refractivity contribution in [3.8, 4) is 17.2 Å². The van der Waals surface area contributed by atoms with Gasteiger partial charge in [-0.15, -0.1) is 0 Å². The molecule has 2 aromatic rings. The number of nitrogens with zero attached hydrogens (tertiary/aromatic N) is 3. The minimum atomic E-state index is -3.55. The van der Waals surface area contributed by atoms with Gasteiger partial charge in [0.25, 0.3) is 10.0 Å². The number of methoxy groups -OCH3 is 3. The van der Waals surface area contributed by atoms with Gasteiger partial charge in [0.05, 0.1) is 27.9 Å². The minimum Gasteiger partial charge on any atom is -0.493 e. The maximum atomic E-state index is 12.2. The van der Waals surface area contributed by atoms with E-state index in [-0.39, 0.29) is 5.09 Å². The number of hydrogen-bond donors (Lipinski definition) is 0. The van der Waals surface area contributed by atoms with E-state index in [1.807, 2.05) is 12.1 Å². The van der Waals surface area contributed by atoms with Gasteiger partial charge in [-0.2, -0.15) is 0 Å². The molecule has 1 aliphatic rings. The van der Waals surface area contributed by atoms with Crippen molar-refractivity contribution in [1.29, 1.82) is 0 Å². The Hall–Kier alpha value is -2.27. The lowest BCUT2D eigenvalue weighted by Crippen LogP contribution is -2.45. The number of rotatable bonds is 9. The summed E-state index contributed by atoms with van der Waals surface area (Å²) >= 11 is 0. The summed E-state index contributed by atoms with van der Waals surface area (Å²) < 4.78 is 47.5. The van der Waals surface area contributed by atoms with E-state index < -0.39 is 10.0 Å². The molecule has 0 N–H and O–H groups in total. The van der Waals surface area contributed by atoms with Gasteiger partial charge in [-0.1, -0.05) is 6.07 Å². The third-order valence-electron chi connectivity index (χ3n) is 5.40. The number of ether oxygens (including phenoxy) is 3. The van der Waals surface area contributed by atoms with Crippen molar-refractivity contribution in [3.05, 3.63) is 35.6 Å². The van der Waals surface area contributed by atoms with Crippen LogP contribution in [0, 0.1) is 0 Å². The Morgan fingerprint density at radius 2 is 1.48 bits per heavy atom. The van der Waals surface area contributed by atoms with E-state index in [4.69, 9.17) is 18.6 Å². The lowest BCUT2D eigenvalue weighted by atomic mass is 10.1. The van der Waals surface area contributed by atoms with Crippen LogP contribution in [0.15, 0.2) is 33.8 Å². The summed E-state index contributed by atoms with van der Waals surface area (Å²) in [5.41, 5.74) is 1.04. The molecule has 2 heterocycles. The fraction of sp³-hybridized carbons (Fsp3) is 0.524. The van der Waals surface area contributed by atoms with E-state index >= 15 is 0 Å². The van der Waals surface area contributed by atoms with E-state index in [1.54, 1.807) is 27.4 Å². The molecule has 0 unspecified atom stereocenters. The van der Waals surface area contributed by atoms with Crippen molar-refractivity contribution in [2.24, 2.45) is 0 Å².